The zero-order valence-corrected chi connectivity index (χ0v) is 10.2. The van der Waals surface area contributed by atoms with Gasteiger partial charge in [-0.05, 0) is 18.2 Å². The highest BCUT2D eigenvalue weighted by molar-refractivity contribution is 7.89. The fourth-order valence-corrected chi connectivity index (χ4v) is 3.47. The molecule has 0 bridgehead atoms. The van der Waals surface area contributed by atoms with Crippen molar-refractivity contribution in [3.05, 3.63) is 28.8 Å². The molecule has 1 aliphatic rings. The third kappa shape index (κ3) is 2.15. The molecule has 0 unspecified atom stereocenters. The summed E-state index contributed by atoms with van der Waals surface area (Å²) in [6.45, 7) is 0.111. The van der Waals surface area contributed by atoms with Crippen LogP contribution in [0.3, 0.4) is 0 Å². The Morgan fingerprint density at radius 2 is 2.12 bits per heavy atom. The molecule has 1 aromatic rings. The van der Waals surface area contributed by atoms with Crippen molar-refractivity contribution >= 4 is 21.6 Å². The van der Waals surface area contributed by atoms with Gasteiger partial charge in [-0.2, -0.15) is 9.57 Å². The van der Waals surface area contributed by atoms with Gasteiger partial charge in [-0.25, -0.2) is 8.42 Å². The van der Waals surface area contributed by atoms with Crippen LogP contribution in [0.15, 0.2) is 23.1 Å². The summed E-state index contributed by atoms with van der Waals surface area (Å²) in [6, 6.07) is 5.90. The second kappa shape index (κ2) is 4.27. The number of sulfonamides is 1. The van der Waals surface area contributed by atoms with E-state index >= 15 is 0 Å². The molecule has 1 aliphatic heterocycles. The molecular weight excluding hydrogens is 264 g/mol. The summed E-state index contributed by atoms with van der Waals surface area (Å²) in [5.41, 5.74) is 0.0517. The summed E-state index contributed by atoms with van der Waals surface area (Å²) >= 11 is 5.73. The van der Waals surface area contributed by atoms with Gasteiger partial charge in [0.2, 0.25) is 10.0 Å². The normalized spacial score (nSPS) is 17.5. The molecule has 90 valence electrons. The van der Waals surface area contributed by atoms with E-state index in [2.05, 4.69) is 0 Å². The largest absolute Gasteiger partial charge is 0.390 e. The second-order valence-corrected chi connectivity index (χ2v) is 6.07. The van der Waals surface area contributed by atoms with Crippen LogP contribution in [-0.4, -0.2) is 37.0 Å². The number of nitriles is 1. The Hall–Kier alpha value is -1.13. The molecule has 0 saturated carbocycles. The number of aliphatic hydroxyl groups is 1. The van der Waals surface area contributed by atoms with Crippen molar-refractivity contribution in [3.8, 4) is 6.07 Å². The summed E-state index contributed by atoms with van der Waals surface area (Å²) in [6.07, 6.45) is -0.630. The van der Waals surface area contributed by atoms with Gasteiger partial charge < -0.3 is 5.11 Å². The third-order valence-corrected chi connectivity index (χ3v) is 4.62. The lowest BCUT2D eigenvalue weighted by Crippen LogP contribution is -2.53. The lowest BCUT2D eigenvalue weighted by Gasteiger charge is -2.34. The smallest absolute Gasteiger partial charge is 0.244 e. The average Bonchev–Trinajstić information content (AvgIpc) is 2.24. The van der Waals surface area contributed by atoms with Gasteiger partial charge >= 0.3 is 0 Å². The summed E-state index contributed by atoms with van der Waals surface area (Å²) in [5.74, 6) is 0. The van der Waals surface area contributed by atoms with E-state index in [9.17, 15) is 8.42 Å². The number of rotatable bonds is 2. The fourth-order valence-electron chi connectivity index (χ4n) is 1.55. The van der Waals surface area contributed by atoms with Gasteiger partial charge in [0.05, 0.1) is 11.7 Å². The van der Waals surface area contributed by atoms with E-state index in [1.54, 1.807) is 0 Å². The first-order valence-corrected chi connectivity index (χ1v) is 6.65. The average molecular weight is 273 g/mol. The fraction of sp³-hybridized carbons (Fsp3) is 0.300. The van der Waals surface area contributed by atoms with Crippen molar-refractivity contribution in [1.82, 2.24) is 4.31 Å². The quantitative estimate of drug-likeness (QED) is 0.854. The molecule has 0 atom stereocenters. The predicted molar refractivity (Wildman–Crippen MR) is 60.9 cm³/mol. The van der Waals surface area contributed by atoms with Crippen LogP contribution in [0.1, 0.15) is 5.56 Å². The van der Waals surface area contributed by atoms with Crippen LogP contribution in [0.5, 0.6) is 0 Å². The highest BCUT2D eigenvalue weighted by atomic mass is 35.5. The molecule has 1 heterocycles. The minimum Gasteiger partial charge on any atom is -0.390 e. The first-order chi connectivity index (χ1) is 7.95. The molecule has 1 fully saturated rings. The number of aliphatic hydroxyl groups excluding tert-OH is 1. The maximum absolute atomic E-state index is 12.1. The van der Waals surface area contributed by atoms with Gasteiger partial charge in [0.15, 0.2) is 0 Å². The van der Waals surface area contributed by atoms with Crippen molar-refractivity contribution in [3.63, 3.8) is 0 Å². The van der Waals surface area contributed by atoms with Gasteiger partial charge in [0.25, 0.3) is 0 Å². The Balaban J connectivity index is 2.46. The molecule has 0 aliphatic carbocycles. The Morgan fingerprint density at radius 1 is 1.47 bits per heavy atom. The minimum atomic E-state index is -3.73. The van der Waals surface area contributed by atoms with E-state index < -0.39 is 16.1 Å². The molecule has 0 aromatic heterocycles. The Morgan fingerprint density at radius 3 is 2.65 bits per heavy atom. The van der Waals surface area contributed by atoms with Crippen LogP contribution in [0.2, 0.25) is 5.02 Å². The van der Waals surface area contributed by atoms with E-state index in [0.717, 1.165) is 4.31 Å². The minimum absolute atomic E-state index is 0.0517. The highest BCUT2D eigenvalue weighted by Crippen LogP contribution is 2.26. The SMILES string of the molecule is N#Cc1ccc(Cl)cc1S(=O)(=O)N1CC(O)C1. The zero-order valence-electron chi connectivity index (χ0n) is 8.67. The van der Waals surface area contributed by atoms with Crippen molar-refractivity contribution < 1.29 is 13.5 Å². The van der Waals surface area contributed by atoms with Crippen LogP contribution >= 0.6 is 11.6 Å². The number of hydrogen-bond donors (Lipinski definition) is 1. The van der Waals surface area contributed by atoms with E-state index in [-0.39, 0.29) is 28.6 Å². The van der Waals surface area contributed by atoms with E-state index in [1.807, 2.05) is 6.07 Å². The van der Waals surface area contributed by atoms with Crippen molar-refractivity contribution in [2.75, 3.05) is 13.1 Å². The molecule has 1 saturated heterocycles. The topological polar surface area (TPSA) is 81.4 Å². The number of nitrogens with zero attached hydrogens (tertiary/aromatic N) is 2. The number of halogens is 1. The summed E-state index contributed by atoms with van der Waals surface area (Å²) in [4.78, 5) is -0.112. The first kappa shape index (κ1) is 12.3. The molecule has 7 heteroatoms. The number of benzene rings is 1. The first-order valence-electron chi connectivity index (χ1n) is 4.83. The van der Waals surface area contributed by atoms with Crippen LogP contribution in [-0.2, 0) is 10.0 Å². The molecule has 0 radical (unpaired) electrons. The molecule has 2 rings (SSSR count). The monoisotopic (exact) mass is 272 g/mol. The van der Waals surface area contributed by atoms with Crippen LogP contribution in [0.25, 0.3) is 0 Å². The maximum Gasteiger partial charge on any atom is 0.244 e. The van der Waals surface area contributed by atoms with Crippen molar-refractivity contribution in [2.45, 2.75) is 11.0 Å². The second-order valence-electron chi connectivity index (χ2n) is 3.73. The Bertz CT molecular complexity index is 588. The Kier molecular flexibility index (Phi) is 3.10. The zero-order chi connectivity index (χ0) is 12.6. The van der Waals surface area contributed by atoms with Crippen LogP contribution in [0, 0.1) is 11.3 Å². The van der Waals surface area contributed by atoms with E-state index in [4.69, 9.17) is 22.0 Å². The van der Waals surface area contributed by atoms with Gasteiger partial charge in [-0.3, -0.25) is 0 Å². The van der Waals surface area contributed by atoms with E-state index in [0.29, 0.717) is 0 Å². The lowest BCUT2D eigenvalue weighted by atomic mass is 10.2. The third-order valence-electron chi connectivity index (χ3n) is 2.51. The van der Waals surface area contributed by atoms with Gasteiger partial charge in [-0.1, -0.05) is 11.6 Å². The predicted octanol–water partition coefficient (Wildman–Crippen LogP) is 0.577. The molecule has 1 N–H and O–H groups in total. The van der Waals surface area contributed by atoms with Crippen molar-refractivity contribution in [2.24, 2.45) is 0 Å². The molecule has 0 spiro atoms. The summed E-state index contributed by atoms with van der Waals surface area (Å²) in [7, 11) is -3.73. The van der Waals surface area contributed by atoms with Gasteiger partial charge in [0.1, 0.15) is 11.0 Å². The van der Waals surface area contributed by atoms with Gasteiger partial charge in [0, 0.05) is 18.1 Å². The molecular formula is C10H9ClN2O3S. The number of β-amino-alcohol motifs (C(OH)–C–C–N with tert-alkyl or cyclic N) is 1. The number of hydrogen-bond acceptors (Lipinski definition) is 4. The van der Waals surface area contributed by atoms with E-state index in [1.165, 1.54) is 18.2 Å². The molecule has 1 aromatic carbocycles. The standard InChI is InChI=1S/C10H9ClN2O3S/c11-8-2-1-7(4-12)10(3-8)17(15,16)13-5-9(14)6-13/h1-3,9,14H,5-6H2. The highest BCUT2D eigenvalue weighted by Gasteiger charge is 2.36. The summed E-state index contributed by atoms with van der Waals surface area (Å²) in [5, 5.41) is 18.2. The molecule has 17 heavy (non-hydrogen) atoms. The molecule has 0 amide bonds. The molecule has 5 nitrogen and oxygen atoms in total. The maximum atomic E-state index is 12.1. The lowest BCUT2D eigenvalue weighted by molar-refractivity contribution is 0.0548. The van der Waals surface area contributed by atoms with Gasteiger partial charge in [-0.15, -0.1) is 0 Å². The summed E-state index contributed by atoms with van der Waals surface area (Å²) < 4.78 is 25.3. The van der Waals surface area contributed by atoms with Crippen molar-refractivity contribution in [1.29, 1.82) is 5.26 Å². The van der Waals surface area contributed by atoms with Crippen LogP contribution in [0.4, 0.5) is 0 Å². The van der Waals surface area contributed by atoms with Crippen LogP contribution < -0.4 is 0 Å². The Labute approximate surface area is 104 Å².